The van der Waals surface area contributed by atoms with Crippen molar-refractivity contribution < 1.29 is 23.9 Å². The molecule has 0 radical (unpaired) electrons. The van der Waals surface area contributed by atoms with Gasteiger partial charge in [0, 0.05) is 0 Å². The number of ether oxygens (including phenoxy) is 2. The van der Waals surface area contributed by atoms with E-state index in [1.54, 1.807) is 7.05 Å². The van der Waals surface area contributed by atoms with E-state index < -0.39 is 18.0 Å². The number of imide groups is 1. The highest BCUT2D eigenvalue weighted by Crippen LogP contribution is 1.85. The Morgan fingerprint density at radius 3 is 2.20 bits per heavy atom. The minimum absolute atomic E-state index is 0.0227. The van der Waals surface area contributed by atoms with E-state index in [9.17, 15) is 14.4 Å². The fourth-order valence-electron chi connectivity index (χ4n) is 0.790. The second-order valence-electron chi connectivity index (χ2n) is 2.79. The molecular weight excluding hydrogens is 204 g/mol. The van der Waals surface area contributed by atoms with Gasteiger partial charge in [-0.05, 0) is 7.05 Å². The van der Waals surface area contributed by atoms with E-state index in [0.29, 0.717) is 0 Å². The van der Waals surface area contributed by atoms with E-state index in [-0.39, 0.29) is 13.1 Å². The highest BCUT2D eigenvalue weighted by atomic mass is 16.5. The molecule has 1 N–H and O–H groups in total. The van der Waals surface area contributed by atoms with Crippen LogP contribution in [0.25, 0.3) is 0 Å². The monoisotopic (exact) mass is 218 g/mol. The summed E-state index contributed by atoms with van der Waals surface area (Å²) in [6.07, 6.45) is -0.827. The molecule has 0 spiro atoms. The molecule has 0 unspecified atom stereocenters. The number of alkyl carbamates (subject to hydrolysis) is 1. The Bertz CT molecular complexity index is 253. The van der Waals surface area contributed by atoms with Crippen LogP contribution < -0.4 is 5.32 Å². The minimum atomic E-state index is -0.827. The van der Waals surface area contributed by atoms with Gasteiger partial charge in [0.15, 0.2) is 0 Å². The number of likely N-dealkylation sites (N-methyl/N-ethyl adjacent to an activating group) is 1. The van der Waals surface area contributed by atoms with Crippen molar-refractivity contribution in [2.24, 2.45) is 0 Å². The van der Waals surface area contributed by atoms with Crippen LogP contribution in [0.4, 0.5) is 4.79 Å². The number of amides is 2. The summed E-state index contributed by atoms with van der Waals surface area (Å²) in [5.41, 5.74) is 0. The summed E-state index contributed by atoms with van der Waals surface area (Å²) in [5.74, 6) is -1.00. The standard InChI is InChI=1S/C8H14N2O5/c1-10(5-7(12)14-2)4-6(11)9-8(13)15-3/h4-5H2,1-3H3,(H,9,11,13). The molecule has 15 heavy (non-hydrogen) atoms. The number of hydrogen-bond acceptors (Lipinski definition) is 6. The van der Waals surface area contributed by atoms with Crippen molar-refractivity contribution in [3.8, 4) is 0 Å². The molecular formula is C8H14N2O5. The van der Waals surface area contributed by atoms with E-state index in [4.69, 9.17) is 0 Å². The molecule has 0 fully saturated rings. The lowest BCUT2D eigenvalue weighted by atomic mass is 10.5. The summed E-state index contributed by atoms with van der Waals surface area (Å²) in [7, 11) is 3.96. The molecule has 7 heteroatoms. The maximum atomic E-state index is 11.1. The third kappa shape index (κ3) is 6.44. The zero-order valence-corrected chi connectivity index (χ0v) is 8.90. The molecule has 0 aliphatic heterocycles. The first kappa shape index (κ1) is 13.4. The highest BCUT2D eigenvalue weighted by Gasteiger charge is 2.12. The van der Waals surface area contributed by atoms with Crippen LogP contribution in [-0.4, -0.2) is 57.2 Å². The topological polar surface area (TPSA) is 84.9 Å². The van der Waals surface area contributed by atoms with Crippen molar-refractivity contribution in [3.05, 3.63) is 0 Å². The summed E-state index contributed by atoms with van der Waals surface area (Å²) in [6, 6.07) is 0. The number of hydrogen-bond donors (Lipinski definition) is 1. The van der Waals surface area contributed by atoms with Gasteiger partial charge in [-0.25, -0.2) is 4.79 Å². The van der Waals surface area contributed by atoms with Gasteiger partial charge in [0.2, 0.25) is 5.91 Å². The second kappa shape index (κ2) is 6.77. The lowest BCUT2D eigenvalue weighted by Crippen LogP contribution is -2.40. The summed E-state index contributed by atoms with van der Waals surface area (Å²) < 4.78 is 8.62. The number of nitrogens with one attached hydrogen (secondary N) is 1. The van der Waals surface area contributed by atoms with E-state index in [0.717, 1.165) is 7.11 Å². The van der Waals surface area contributed by atoms with Gasteiger partial charge in [-0.15, -0.1) is 0 Å². The first-order chi connectivity index (χ1) is 6.99. The van der Waals surface area contributed by atoms with E-state index in [2.05, 4.69) is 9.47 Å². The van der Waals surface area contributed by atoms with Gasteiger partial charge in [0.05, 0.1) is 27.3 Å². The van der Waals surface area contributed by atoms with Crippen molar-refractivity contribution in [3.63, 3.8) is 0 Å². The molecule has 0 aliphatic carbocycles. The van der Waals surface area contributed by atoms with Crippen LogP contribution in [-0.2, 0) is 19.1 Å². The van der Waals surface area contributed by atoms with Crippen molar-refractivity contribution in [2.45, 2.75) is 0 Å². The van der Waals surface area contributed by atoms with Crippen molar-refractivity contribution in [2.75, 3.05) is 34.4 Å². The van der Waals surface area contributed by atoms with Crippen LogP contribution >= 0.6 is 0 Å². The number of nitrogens with zero attached hydrogens (tertiary/aromatic N) is 1. The molecule has 86 valence electrons. The van der Waals surface area contributed by atoms with Crippen molar-refractivity contribution in [1.29, 1.82) is 0 Å². The molecule has 0 saturated heterocycles. The zero-order chi connectivity index (χ0) is 11.8. The van der Waals surface area contributed by atoms with Gasteiger partial charge in [0.25, 0.3) is 0 Å². The quantitative estimate of drug-likeness (QED) is 0.607. The molecule has 0 bridgehead atoms. The van der Waals surface area contributed by atoms with Gasteiger partial charge in [-0.1, -0.05) is 0 Å². The Morgan fingerprint density at radius 2 is 1.73 bits per heavy atom. The largest absolute Gasteiger partial charge is 0.468 e. The first-order valence-corrected chi connectivity index (χ1v) is 4.12. The van der Waals surface area contributed by atoms with Crippen LogP contribution in [0, 0.1) is 0 Å². The van der Waals surface area contributed by atoms with Crippen molar-refractivity contribution >= 4 is 18.0 Å². The van der Waals surface area contributed by atoms with E-state index in [1.807, 2.05) is 5.32 Å². The predicted molar refractivity (Wildman–Crippen MR) is 50.1 cm³/mol. The summed E-state index contributed by atoms with van der Waals surface area (Å²) >= 11 is 0. The number of methoxy groups -OCH3 is 2. The predicted octanol–water partition coefficient (Wildman–Crippen LogP) is -1.03. The molecule has 0 heterocycles. The fourth-order valence-corrected chi connectivity index (χ4v) is 0.790. The Balaban J connectivity index is 3.86. The third-order valence-electron chi connectivity index (χ3n) is 1.47. The molecule has 0 saturated carbocycles. The Hall–Kier alpha value is -1.63. The van der Waals surface area contributed by atoms with Gasteiger partial charge in [-0.2, -0.15) is 0 Å². The zero-order valence-electron chi connectivity index (χ0n) is 8.90. The molecule has 0 aromatic rings. The van der Waals surface area contributed by atoms with Crippen LogP contribution in [0.3, 0.4) is 0 Å². The molecule has 0 aromatic carbocycles. The molecule has 0 aliphatic rings. The Labute approximate surface area is 87.3 Å². The molecule has 0 aromatic heterocycles. The van der Waals surface area contributed by atoms with Gasteiger partial charge >= 0.3 is 12.1 Å². The van der Waals surface area contributed by atoms with Crippen molar-refractivity contribution in [1.82, 2.24) is 10.2 Å². The van der Waals surface area contributed by atoms with Gasteiger partial charge in [0.1, 0.15) is 0 Å². The fraction of sp³-hybridized carbons (Fsp3) is 0.625. The SMILES string of the molecule is COC(=O)CN(C)CC(=O)NC(=O)OC. The van der Waals surface area contributed by atoms with E-state index in [1.165, 1.54) is 12.0 Å². The van der Waals surface area contributed by atoms with Gasteiger partial charge in [-0.3, -0.25) is 19.8 Å². The number of esters is 1. The maximum absolute atomic E-state index is 11.1. The Kier molecular flexibility index (Phi) is 6.03. The Morgan fingerprint density at radius 1 is 1.13 bits per heavy atom. The minimum Gasteiger partial charge on any atom is -0.468 e. The molecule has 2 amide bonds. The van der Waals surface area contributed by atoms with Crippen LogP contribution in [0.15, 0.2) is 0 Å². The molecule has 0 rings (SSSR count). The number of rotatable bonds is 4. The average molecular weight is 218 g/mol. The summed E-state index contributed by atoms with van der Waals surface area (Å²) in [6.45, 7) is -0.116. The smallest absolute Gasteiger partial charge is 0.413 e. The molecule has 0 atom stereocenters. The van der Waals surface area contributed by atoms with Crippen LogP contribution in [0.5, 0.6) is 0 Å². The van der Waals surface area contributed by atoms with Crippen LogP contribution in [0.1, 0.15) is 0 Å². The third-order valence-corrected chi connectivity index (χ3v) is 1.47. The first-order valence-electron chi connectivity index (χ1n) is 4.12. The van der Waals surface area contributed by atoms with E-state index >= 15 is 0 Å². The number of carbonyl (C=O) groups is 3. The van der Waals surface area contributed by atoms with Crippen LogP contribution in [0.2, 0.25) is 0 Å². The average Bonchev–Trinajstić information content (AvgIpc) is 2.16. The number of carbonyl (C=O) groups excluding carboxylic acids is 3. The maximum Gasteiger partial charge on any atom is 0.413 e. The molecule has 7 nitrogen and oxygen atoms in total. The summed E-state index contributed by atoms with van der Waals surface area (Å²) in [5, 5.41) is 1.96. The second-order valence-corrected chi connectivity index (χ2v) is 2.79. The lowest BCUT2D eigenvalue weighted by Gasteiger charge is -2.13. The highest BCUT2D eigenvalue weighted by molar-refractivity contribution is 5.92. The van der Waals surface area contributed by atoms with Gasteiger partial charge < -0.3 is 9.47 Å². The normalized spacial score (nSPS) is 9.60. The lowest BCUT2D eigenvalue weighted by molar-refractivity contribution is -0.141. The summed E-state index contributed by atoms with van der Waals surface area (Å²) in [4.78, 5) is 33.9.